The highest BCUT2D eigenvalue weighted by atomic mass is 15.2. The Morgan fingerprint density at radius 3 is 0.682 bits per heavy atom. The Bertz CT molecular complexity index is 1760. The van der Waals surface area contributed by atoms with Crippen molar-refractivity contribution in [2.45, 2.75) is 0 Å². The minimum absolute atomic E-state index is 1.10. The maximum absolute atomic E-state index is 2.31. The van der Waals surface area contributed by atoms with E-state index in [1.165, 1.54) is 22.3 Å². The standard InChI is InChI=1S/C42H32N2/c1-5-13-33(14-6-1)35-21-25-39(26-22-35)43(37-17-9-3-10-18-37)41-29-31-42(32-30-41)44(38-19-11-4-12-20-38)40-27-23-36(24-28-40)34-15-7-2-8-16-34/h1-32H. The van der Waals surface area contributed by atoms with E-state index >= 15 is 0 Å². The van der Waals surface area contributed by atoms with Crippen molar-refractivity contribution in [1.29, 1.82) is 0 Å². The molecular weight excluding hydrogens is 532 g/mol. The Balaban J connectivity index is 1.24. The average Bonchev–Trinajstić information content (AvgIpc) is 3.11. The normalized spacial score (nSPS) is 10.7. The van der Waals surface area contributed by atoms with Crippen molar-refractivity contribution >= 4 is 34.1 Å². The first-order chi connectivity index (χ1) is 21.8. The lowest BCUT2D eigenvalue weighted by Crippen LogP contribution is -2.12. The van der Waals surface area contributed by atoms with E-state index in [-0.39, 0.29) is 0 Å². The van der Waals surface area contributed by atoms with Crippen molar-refractivity contribution in [3.05, 3.63) is 194 Å². The number of hydrogen-bond acceptors (Lipinski definition) is 2. The van der Waals surface area contributed by atoms with E-state index in [2.05, 4.69) is 204 Å². The number of nitrogens with zero attached hydrogens (tertiary/aromatic N) is 2. The number of rotatable bonds is 8. The molecule has 0 aromatic heterocycles. The lowest BCUT2D eigenvalue weighted by molar-refractivity contribution is 1.26. The molecule has 7 aromatic rings. The highest BCUT2D eigenvalue weighted by Crippen LogP contribution is 2.39. The SMILES string of the molecule is c1ccc(-c2ccc(N(c3ccccc3)c3ccc(N(c4ccccc4)c4ccc(-c5ccccc5)cc4)cc3)cc2)cc1. The van der Waals surface area contributed by atoms with Crippen LogP contribution in [0.5, 0.6) is 0 Å². The monoisotopic (exact) mass is 564 g/mol. The first-order valence-corrected chi connectivity index (χ1v) is 14.9. The molecule has 0 fully saturated rings. The van der Waals surface area contributed by atoms with Crippen LogP contribution in [-0.4, -0.2) is 0 Å². The molecule has 0 saturated heterocycles. The number of benzene rings is 7. The molecule has 0 radical (unpaired) electrons. The van der Waals surface area contributed by atoms with Crippen molar-refractivity contribution in [3.63, 3.8) is 0 Å². The Hall–Kier alpha value is -5.86. The molecule has 0 aliphatic rings. The van der Waals surface area contributed by atoms with E-state index in [4.69, 9.17) is 0 Å². The third-order valence-electron chi connectivity index (χ3n) is 7.86. The molecule has 0 spiro atoms. The van der Waals surface area contributed by atoms with Gasteiger partial charge >= 0.3 is 0 Å². The number of para-hydroxylation sites is 2. The van der Waals surface area contributed by atoms with E-state index in [9.17, 15) is 0 Å². The molecule has 0 bridgehead atoms. The molecule has 0 saturated carbocycles. The second-order valence-electron chi connectivity index (χ2n) is 10.7. The molecule has 0 heterocycles. The maximum Gasteiger partial charge on any atom is 0.0463 e. The number of anilines is 6. The second-order valence-corrected chi connectivity index (χ2v) is 10.7. The van der Waals surface area contributed by atoms with E-state index < -0.39 is 0 Å². The van der Waals surface area contributed by atoms with Crippen LogP contribution in [0.25, 0.3) is 22.3 Å². The largest absolute Gasteiger partial charge is 0.311 e. The van der Waals surface area contributed by atoms with Crippen LogP contribution in [0.15, 0.2) is 194 Å². The van der Waals surface area contributed by atoms with E-state index in [1.54, 1.807) is 0 Å². The van der Waals surface area contributed by atoms with Gasteiger partial charge in [-0.15, -0.1) is 0 Å². The lowest BCUT2D eigenvalue weighted by Gasteiger charge is -2.28. The molecule has 7 aromatic carbocycles. The molecule has 0 amide bonds. The maximum atomic E-state index is 2.31. The van der Waals surface area contributed by atoms with Crippen molar-refractivity contribution in [2.75, 3.05) is 9.80 Å². The van der Waals surface area contributed by atoms with Crippen LogP contribution >= 0.6 is 0 Å². The van der Waals surface area contributed by atoms with Gasteiger partial charge < -0.3 is 9.80 Å². The predicted octanol–water partition coefficient (Wildman–Crippen LogP) is 12.0. The second kappa shape index (κ2) is 12.6. The zero-order valence-electron chi connectivity index (χ0n) is 24.4. The Morgan fingerprint density at radius 2 is 0.386 bits per heavy atom. The van der Waals surface area contributed by atoms with Crippen molar-refractivity contribution < 1.29 is 0 Å². The van der Waals surface area contributed by atoms with Gasteiger partial charge in [-0.25, -0.2) is 0 Å². The van der Waals surface area contributed by atoms with Gasteiger partial charge in [0.2, 0.25) is 0 Å². The average molecular weight is 565 g/mol. The van der Waals surface area contributed by atoms with Gasteiger partial charge in [-0.2, -0.15) is 0 Å². The summed E-state index contributed by atoms with van der Waals surface area (Å²) in [6.07, 6.45) is 0. The Morgan fingerprint density at radius 1 is 0.182 bits per heavy atom. The summed E-state index contributed by atoms with van der Waals surface area (Å²) in [6.45, 7) is 0. The van der Waals surface area contributed by atoms with Gasteiger partial charge in [0, 0.05) is 34.1 Å². The summed E-state index contributed by atoms with van der Waals surface area (Å²) in [5.41, 5.74) is 11.5. The topological polar surface area (TPSA) is 6.48 Å². The molecule has 210 valence electrons. The molecule has 0 unspecified atom stereocenters. The fourth-order valence-corrected chi connectivity index (χ4v) is 5.67. The molecular formula is C42H32N2. The van der Waals surface area contributed by atoms with Gasteiger partial charge in [-0.05, 0) is 95.1 Å². The summed E-state index contributed by atoms with van der Waals surface area (Å²) in [5, 5.41) is 0. The third-order valence-corrected chi connectivity index (χ3v) is 7.86. The lowest BCUT2D eigenvalue weighted by atomic mass is 10.0. The quantitative estimate of drug-likeness (QED) is 0.181. The zero-order valence-corrected chi connectivity index (χ0v) is 24.4. The summed E-state index contributed by atoms with van der Waals surface area (Å²) in [7, 11) is 0. The minimum Gasteiger partial charge on any atom is -0.311 e. The molecule has 0 aliphatic heterocycles. The van der Waals surface area contributed by atoms with Crippen LogP contribution in [0, 0.1) is 0 Å². The predicted molar refractivity (Wildman–Crippen MR) is 187 cm³/mol. The van der Waals surface area contributed by atoms with Crippen LogP contribution in [0.3, 0.4) is 0 Å². The summed E-state index contributed by atoms with van der Waals surface area (Å²) in [4.78, 5) is 4.61. The van der Waals surface area contributed by atoms with Crippen LogP contribution < -0.4 is 9.80 Å². The summed E-state index contributed by atoms with van der Waals surface area (Å²) < 4.78 is 0. The van der Waals surface area contributed by atoms with Gasteiger partial charge in [-0.3, -0.25) is 0 Å². The van der Waals surface area contributed by atoms with Crippen molar-refractivity contribution in [3.8, 4) is 22.3 Å². The first kappa shape index (κ1) is 27.0. The minimum atomic E-state index is 1.10. The van der Waals surface area contributed by atoms with Crippen molar-refractivity contribution in [2.24, 2.45) is 0 Å². The van der Waals surface area contributed by atoms with Crippen LogP contribution in [0.2, 0.25) is 0 Å². The van der Waals surface area contributed by atoms with Gasteiger partial charge in [0.15, 0.2) is 0 Å². The molecule has 44 heavy (non-hydrogen) atoms. The first-order valence-electron chi connectivity index (χ1n) is 14.9. The van der Waals surface area contributed by atoms with Gasteiger partial charge in [0.05, 0.1) is 0 Å². The summed E-state index contributed by atoms with van der Waals surface area (Å²) in [5.74, 6) is 0. The molecule has 2 heteroatoms. The van der Waals surface area contributed by atoms with Gasteiger partial charge in [0.25, 0.3) is 0 Å². The van der Waals surface area contributed by atoms with Crippen LogP contribution in [0.4, 0.5) is 34.1 Å². The van der Waals surface area contributed by atoms with E-state index in [1.807, 2.05) is 0 Å². The van der Waals surface area contributed by atoms with Gasteiger partial charge in [-0.1, -0.05) is 121 Å². The fraction of sp³-hybridized carbons (Fsp3) is 0. The fourth-order valence-electron chi connectivity index (χ4n) is 5.67. The van der Waals surface area contributed by atoms with Gasteiger partial charge in [0.1, 0.15) is 0 Å². The van der Waals surface area contributed by atoms with Crippen molar-refractivity contribution in [1.82, 2.24) is 0 Å². The zero-order chi connectivity index (χ0) is 29.6. The summed E-state index contributed by atoms with van der Waals surface area (Å²) >= 11 is 0. The summed E-state index contributed by atoms with van der Waals surface area (Å²) in [6, 6.07) is 68.6. The Kier molecular flexibility index (Phi) is 7.71. The smallest absolute Gasteiger partial charge is 0.0463 e. The molecule has 0 aliphatic carbocycles. The van der Waals surface area contributed by atoms with E-state index in [0.29, 0.717) is 0 Å². The van der Waals surface area contributed by atoms with E-state index in [0.717, 1.165) is 34.1 Å². The highest BCUT2D eigenvalue weighted by Gasteiger charge is 2.16. The highest BCUT2D eigenvalue weighted by molar-refractivity contribution is 5.82. The molecule has 0 N–H and O–H groups in total. The Labute approximate surface area is 259 Å². The molecule has 2 nitrogen and oxygen atoms in total. The molecule has 0 atom stereocenters. The number of hydrogen-bond donors (Lipinski definition) is 0. The third kappa shape index (κ3) is 5.74. The van der Waals surface area contributed by atoms with Crippen LogP contribution in [0.1, 0.15) is 0 Å². The molecule has 7 rings (SSSR count). The van der Waals surface area contributed by atoms with Crippen LogP contribution in [-0.2, 0) is 0 Å².